The van der Waals surface area contributed by atoms with Crippen LogP contribution in [0.5, 0.6) is 0 Å². The van der Waals surface area contributed by atoms with Gasteiger partial charge in [-0.1, -0.05) is 47.1 Å². The van der Waals surface area contributed by atoms with Crippen molar-refractivity contribution in [2.24, 2.45) is 16.1 Å². The van der Waals surface area contributed by atoms with E-state index in [0.717, 1.165) is 4.90 Å². The van der Waals surface area contributed by atoms with Crippen molar-refractivity contribution in [3.05, 3.63) is 51.2 Å². The van der Waals surface area contributed by atoms with E-state index in [1.165, 1.54) is 11.8 Å². The van der Waals surface area contributed by atoms with Gasteiger partial charge in [0, 0.05) is 14.7 Å². The summed E-state index contributed by atoms with van der Waals surface area (Å²) >= 11 is 1.42. The molecule has 1 aromatic rings. The molecule has 1 aliphatic rings. The van der Waals surface area contributed by atoms with Crippen LogP contribution in [0, 0.1) is 5.92 Å². The van der Waals surface area contributed by atoms with Gasteiger partial charge in [0.2, 0.25) is 0 Å². The molecular weight excluding hydrogens is 304 g/mol. The average Bonchev–Trinajstić information content (AvgIpc) is 2.54. The Labute approximate surface area is 131 Å². The summed E-state index contributed by atoms with van der Waals surface area (Å²) in [5.41, 5.74) is 16.7. The van der Waals surface area contributed by atoms with Crippen LogP contribution in [0.3, 0.4) is 0 Å². The molecule has 0 aliphatic carbocycles. The van der Waals surface area contributed by atoms with Crippen LogP contribution < -0.4 is 0 Å². The number of aliphatic hydroxyl groups excluding tert-OH is 1. The van der Waals surface area contributed by atoms with E-state index in [9.17, 15) is 5.11 Å². The Hall–Kier alpha value is -1.89. The minimum Gasteiger partial charge on any atom is -0.390 e. The van der Waals surface area contributed by atoms with Crippen molar-refractivity contribution in [1.82, 2.24) is 0 Å². The molecule has 0 amide bonds. The van der Waals surface area contributed by atoms with E-state index in [1.54, 1.807) is 6.92 Å². The predicted molar refractivity (Wildman–Crippen MR) is 83.1 cm³/mol. The molecule has 2 unspecified atom stereocenters. The largest absolute Gasteiger partial charge is 0.390 e. The van der Waals surface area contributed by atoms with E-state index in [2.05, 4.69) is 20.1 Å². The van der Waals surface area contributed by atoms with E-state index >= 15 is 0 Å². The Kier molecular flexibility index (Phi) is 5.94. The third-order valence-electron chi connectivity index (χ3n) is 3.55. The van der Waals surface area contributed by atoms with Crippen LogP contribution in [-0.4, -0.2) is 35.3 Å². The quantitative estimate of drug-likeness (QED) is 0.506. The van der Waals surface area contributed by atoms with Gasteiger partial charge in [-0.3, -0.25) is 0 Å². The monoisotopic (exact) mass is 320 g/mol. The summed E-state index contributed by atoms with van der Waals surface area (Å²) in [7, 11) is 0. The number of nitrogens with zero attached hydrogens (tertiary/aromatic N) is 6. The number of aliphatic hydroxyl groups is 1. The van der Waals surface area contributed by atoms with Crippen LogP contribution >= 0.6 is 11.8 Å². The molecule has 0 spiro atoms. The van der Waals surface area contributed by atoms with Gasteiger partial charge >= 0.3 is 0 Å². The molecule has 1 fully saturated rings. The van der Waals surface area contributed by atoms with Gasteiger partial charge in [0.25, 0.3) is 0 Å². The fourth-order valence-corrected chi connectivity index (χ4v) is 3.56. The number of benzene rings is 1. The van der Waals surface area contributed by atoms with Gasteiger partial charge in [0.15, 0.2) is 0 Å². The first-order valence-electron chi connectivity index (χ1n) is 6.77. The molecule has 5 atom stereocenters. The van der Waals surface area contributed by atoms with Crippen LogP contribution in [-0.2, 0) is 4.74 Å². The van der Waals surface area contributed by atoms with Gasteiger partial charge in [-0.25, -0.2) is 0 Å². The minimum absolute atomic E-state index is 0.0385. The number of hydrogen-bond acceptors (Lipinski definition) is 5. The Bertz CT molecular complexity index is 585. The number of thioether (sulfide) groups is 1. The standard InChI is InChI=1S/C13H16N6O2S/c1-8-11(17-19-15)13(22-9-5-3-2-4-6-9)21-10(12(8)20)7-16-18-14/h2-6,8,10-13,20H,7H2,1H3/t8?,10?,11-,12-,13+/m1/s1. The molecule has 0 saturated carbocycles. The molecule has 2 rings (SSSR count). The van der Waals surface area contributed by atoms with Crippen molar-refractivity contribution in [2.45, 2.75) is 35.5 Å². The molecule has 0 bridgehead atoms. The molecule has 1 aromatic carbocycles. The van der Waals surface area contributed by atoms with Crippen LogP contribution in [0.15, 0.2) is 45.5 Å². The van der Waals surface area contributed by atoms with Crippen molar-refractivity contribution >= 4 is 11.8 Å². The second kappa shape index (κ2) is 7.93. The molecule has 9 heteroatoms. The minimum atomic E-state index is -0.853. The first-order chi connectivity index (χ1) is 10.7. The highest BCUT2D eigenvalue weighted by molar-refractivity contribution is 7.99. The zero-order valence-electron chi connectivity index (χ0n) is 11.9. The van der Waals surface area contributed by atoms with Crippen LogP contribution in [0.1, 0.15) is 6.92 Å². The number of azide groups is 2. The zero-order chi connectivity index (χ0) is 15.9. The number of ether oxygens (including phenoxy) is 1. The van der Waals surface area contributed by atoms with Crippen molar-refractivity contribution < 1.29 is 9.84 Å². The molecule has 1 N–H and O–H groups in total. The second-order valence-corrected chi connectivity index (χ2v) is 6.10. The lowest BCUT2D eigenvalue weighted by molar-refractivity contribution is -0.117. The van der Waals surface area contributed by atoms with E-state index in [0.29, 0.717) is 0 Å². The molecular formula is C13H16N6O2S. The zero-order valence-corrected chi connectivity index (χ0v) is 12.7. The molecule has 0 aromatic heterocycles. The van der Waals surface area contributed by atoms with Crippen molar-refractivity contribution in [3.63, 3.8) is 0 Å². The van der Waals surface area contributed by atoms with E-state index in [1.807, 2.05) is 30.3 Å². The number of rotatable bonds is 5. The van der Waals surface area contributed by atoms with E-state index in [4.69, 9.17) is 15.8 Å². The Morgan fingerprint density at radius 1 is 1.27 bits per heavy atom. The normalized spacial score (nSPS) is 30.9. The molecule has 1 aliphatic heterocycles. The highest BCUT2D eigenvalue weighted by atomic mass is 32.2. The average molecular weight is 320 g/mol. The lowest BCUT2D eigenvalue weighted by Gasteiger charge is -2.41. The molecule has 1 saturated heterocycles. The maximum Gasteiger partial charge on any atom is 0.117 e. The molecule has 8 nitrogen and oxygen atoms in total. The summed E-state index contributed by atoms with van der Waals surface area (Å²) in [6.45, 7) is 1.84. The maximum atomic E-state index is 10.2. The van der Waals surface area contributed by atoms with Gasteiger partial charge < -0.3 is 9.84 Å². The summed E-state index contributed by atoms with van der Waals surface area (Å²) in [6, 6.07) is 9.08. The first-order valence-corrected chi connectivity index (χ1v) is 7.65. The smallest absolute Gasteiger partial charge is 0.117 e. The molecule has 0 radical (unpaired) electrons. The van der Waals surface area contributed by atoms with E-state index in [-0.39, 0.29) is 12.5 Å². The topological polar surface area (TPSA) is 127 Å². The van der Waals surface area contributed by atoms with Crippen molar-refractivity contribution in [2.75, 3.05) is 6.54 Å². The molecule has 1 heterocycles. The third kappa shape index (κ3) is 3.85. The molecule has 22 heavy (non-hydrogen) atoms. The van der Waals surface area contributed by atoms with Gasteiger partial charge in [-0.05, 0) is 29.1 Å². The van der Waals surface area contributed by atoms with Crippen molar-refractivity contribution in [3.8, 4) is 0 Å². The number of hydrogen-bond donors (Lipinski definition) is 1. The lowest BCUT2D eigenvalue weighted by atomic mass is 9.90. The van der Waals surface area contributed by atoms with Gasteiger partial charge in [0.05, 0.1) is 24.8 Å². The Morgan fingerprint density at radius 2 is 2.00 bits per heavy atom. The van der Waals surface area contributed by atoms with Crippen LogP contribution in [0.25, 0.3) is 20.9 Å². The summed E-state index contributed by atoms with van der Waals surface area (Å²) < 4.78 is 5.82. The predicted octanol–water partition coefficient (Wildman–Crippen LogP) is 3.49. The Morgan fingerprint density at radius 3 is 2.64 bits per heavy atom. The fraction of sp³-hybridized carbons (Fsp3) is 0.538. The van der Waals surface area contributed by atoms with Gasteiger partial charge in [-0.15, -0.1) is 0 Å². The molecule has 116 valence electrons. The third-order valence-corrected chi connectivity index (χ3v) is 4.72. The van der Waals surface area contributed by atoms with Crippen LogP contribution in [0.2, 0.25) is 0 Å². The van der Waals surface area contributed by atoms with Gasteiger partial charge in [0.1, 0.15) is 5.44 Å². The lowest BCUT2D eigenvalue weighted by Crippen LogP contribution is -2.52. The van der Waals surface area contributed by atoms with Crippen LogP contribution in [0.4, 0.5) is 0 Å². The highest BCUT2D eigenvalue weighted by Gasteiger charge is 2.42. The Balaban J connectivity index is 2.21. The summed E-state index contributed by atoms with van der Waals surface area (Å²) in [6.07, 6.45) is -1.47. The second-order valence-electron chi connectivity index (χ2n) is 4.93. The van der Waals surface area contributed by atoms with Gasteiger partial charge in [-0.2, -0.15) is 0 Å². The summed E-state index contributed by atoms with van der Waals surface area (Å²) in [5, 5.41) is 17.5. The fourth-order valence-electron chi connectivity index (χ4n) is 2.34. The SMILES string of the molecule is CC1[C@@H](O)C(CN=[N+]=[N-])O[C@@H](Sc2ccccc2)[C@@H]1N=[N+]=[N-]. The van der Waals surface area contributed by atoms with E-state index < -0.39 is 23.7 Å². The maximum absolute atomic E-state index is 10.2. The first kappa shape index (κ1) is 16.5. The summed E-state index contributed by atoms with van der Waals surface area (Å²) in [4.78, 5) is 6.53. The highest BCUT2D eigenvalue weighted by Crippen LogP contribution is 2.37. The summed E-state index contributed by atoms with van der Waals surface area (Å²) in [5.74, 6) is -0.301. The van der Waals surface area contributed by atoms with Crippen molar-refractivity contribution in [1.29, 1.82) is 0 Å².